The third-order valence-corrected chi connectivity index (χ3v) is 1.75. The molecule has 0 saturated heterocycles. The summed E-state index contributed by atoms with van der Waals surface area (Å²) in [6, 6.07) is 1.91. The van der Waals surface area contributed by atoms with Crippen molar-refractivity contribution < 1.29 is 0 Å². The van der Waals surface area contributed by atoms with Crippen LogP contribution in [0.4, 0.5) is 0 Å². The standard InChI is InChI=1S/C9H9N3.C2H6/c1-2-9-11-5-7-3-4-10-6-8(7)12-9;1-2/h3-6H,2H2,1H3;1-2H3. The first-order valence-electron chi connectivity index (χ1n) is 4.96. The third-order valence-electron chi connectivity index (χ3n) is 1.75. The molecule has 14 heavy (non-hydrogen) atoms. The molecule has 3 nitrogen and oxygen atoms in total. The lowest BCUT2D eigenvalue weighted by Gasteiger charge is -1.97. The van der Waals surface area contributed by atoms with Gasteiger partial charge in [0.05, 0.1) is 11.7 Å². The summed E-state index contributed by atoms with van der Waals surface area (Å²) in [6.07, 6.45) is 6.21. The maximum absolute atomic E-state index is 4.32. The summed E-state index contributed by atoms with van der Waals surface area (Å²) >= 11 is 0. The number of aryl methyl sites for hydroxylation is 1. The first kappa shape index (κ1) is 10.6. The zero-order chi connectivity index (χ0) is 10.4. The molecule has 2 rings (SSSR count). The summed E-state index contributed by atoms with van der Waals surface area (Å²) < 4.78 is 0. The van der Waals surface area contributed by atoms with Crippen molar-refractivity contribution in [2.45, 2.75) is 27.2 Å². The lowest BCUT2D eigenvalue weighted by atomic mass is 10.3. The van der Waals surface area contributed by atoms with E-state index in [4.69, 9.17) is 0 Å². The highest BCUT2D eigenvalue weighted by atomic mass is 14.9. The Morgan fingerprint density at radius 2 is 2.00 bits per heavy atom. The lowest BCUT2D eigenvalue weighted by molar-refractivity contribution is 0.959. The highest BCUT2D eigenvalue weighted by Gasteiger charge is 1.95. The van der Waals surface area contributed by atoms with Gasteiger partial charge >= 0.3 is 0 Å². The van der Waals surface area contributed by atoms with Crippen molar-refractivity contribution in [1.29, 1.82) is 0 Å². The van der Waals surface area contributed by atoms with Gasteiger partial charge in [0.15, 0.2) is 0 Å². The molecule has 2 aromatic rings. The van der Waals surface area contributed by atoms with Crippen LogP contribution < -0.4 is 0 Å². The van der Waals surface area contributed by atoms with Crippen molar-refractivity contribution in [3.05, 3.63) is 30.5 Å². The zero-order valence-electron chi connectivity index (χ0n) is 8.86. The van der Waals surface area contributed by atoms with Gasteiger partial charge in [-0.05, 0) is 6.07 Å². The van der Waals surface area contributed by atoms with Crippen LogP contribution in [0.2, 0.25) is 0 Å². The monoisotopic (exact) mass is 189 g/mol. The Bertz CT molecular complexity index is 398. The van der Waals surface area contributed by atoms with Gasteiger partial charge in [0.1, 0.15) is 5.82 Å². The minimum atomic E-state index is 0.866. The fourth-order valence-electron chi connectivity index (χ4n) is 1.08. The molecule has 0 radical (unpaired) electrons. The Morgan fingerprint density at radius 1 is 1.21 bits per heavy atom. The number of aromatic nitrogens is 3. The lowest BCUT2D eigenvalue weighted by Crippen LogP contribution is -1.92. The molecule has 3 heteroatoms. The van der Waals surface area contributed by atoms with E-state index in [-0.39, 0.29) is 0 Å². The van der Waals surface area contributed by atoms with Crippen molar-refractivity contribution >= 4 is 10.9 Å². The van der Waals surface area contributed by atoms with E-state index in [0.29, 0.717) is 0 Å². The van der Waals surface area contributed by atoms with Gasteiger partial charge in [-0.25, -0.2) is 9.97 Å². The highest BCUT2D eigenvalue weighted by molar-refractivity contribution is 5.75. The van der Waals surface area contributed by atoms with Crippen molar-refractivity contribution in [2.24, 2.45) is 0 Å². The summed E-state index contributed by atoms with van der Waals surface area (Å²) in [6.45, 7) is 6.04. The molecular weight excluding hydrogens is 174 g/mol. The molecule has 0 aliphatic rings. The fourth-order valence-corrected chi connectivity index (χ4v) is 1.08. The number of rotatable bonds is 1. The van der Waals surface area contributed by atoms with E-state index in [2.05, 4.69) is 15.0 Å². The van der Waals surface area contributed by atoms with Gasteiger partial charge in [-0.15, -0.1) is 0 Å². The molecule has 0 saturated carbocycles. The molecule has 74 valence electrons. The first-order chi connectivity index (χ1) is 6.90. The second-order valence-electron chi connectivity index (χ2n) is 2.57. The molecule has 0 unspecified atom stereocenters. The Kier molecular flexibility index (Phi) is 3.98. The number of hydrogen-bond donors (Lipinski definition) is 0. The molecule has 2 aromatic heterocycles. The number of nitrogens with zero attached hydrogens (tertiary/aromatic N) is 3. The van der Waals surface area contributed by atoms with Crippen LogP contribution >= 0.6 is 0 Å². The Balaban J connectivity index is 0.000000461. The first-order valence-corrected chi connectivity index (χ1v) is 4.96. The van der Waals surface area contributed by atoms with E-state index >= 15 is 0 Å². The molecule has 0 aliphatic heterocycles. The molecule has 2 heterocycles. The Hall–Kier alpha value is -1.51. The fraction of sp³-hybridized carbons (Fsp3) is 0.364. The summed E-state index contributed by atoms with van der Waals surface area (Å²) in [5.74, 6) is 0.871. The molecule has 0 amide bonds. The summed E-state index contributed by atoms with van der Waals surface area (Å²) in [4.78, 5) is 12.5. The largest absolute Gasteiger partial charge is 0.262 e. The summed E-state index contributed by atoms with van der Waals surface area (Å²) in [7, 11) is 0. The van der Waals surface area contributed by atoms with Gasteiger partial charge in [-0.2, -0.15) is 0 Å². The molecule has 0 aliphatic carbocycles. The average Bonchev–Trinajstić information content (AvgIpc) is 2.31. The van der Waals surface area contributed by atoms with E-state index in [1.165, 1.54) is 0 Å². The zero-order valence-corrected chi connectivity index (χ0v) is 8.86. The van der Waals surface area contributed by atoms with Gasteiger partial charge in [-0.1, -0.05) is 20.8 Å². The maximum atomic E-state index is 4.32. The predicted octanol–water partition coefficient (Wildman–Crippen LogP) is 2.61. The van der Waals surface area contributed by atoms with E-state index < -0.39 is 0 Å². The molecule has 0 atom stereocenters. The van der Waals surface area contributed by atoms with Crippen LogP contribution in [-0.4, -0.2) is 15.0 Å². The normalized spacial score (nSPS) is 9.36. The molecule has 0 N–H and O–H groups in total. The van der Waals surface area contributed by atoms with Gasteiger partial charge in [0.25, 0.3) is 0 Å². The molecule has 0 aromatic carbocycles. The Labute approximate surface area is 84.2 Å². The molecular formula is C11H15N3. The molecule has 0 bridgehead atoms. The summed E-state index contributed by atoms with van der Waals surface area (Å²) in [5.41, 5.74) is 0.921. The van der Waals surface area contributed by atoms with Gasteiger partial charge in [0, 0.05) is 24.2 Å². The van der Waals surface area contributed by atoms with Crippen LogP contribution in [0.5, 0.6) is 0 Å². The van der Waals surface area contributed by atoms with E-state index in [9.17, 15) is 0 Å². The maximum Gasteiger partial charge on any atom is 0.128 e. The smallest absolute Gasteiger partial charge is 0.128 e. The van der Waals surface area contributed by atoms with Crippen LogP contribution in [0.1, 0.15) is 26.6 Å². The van der Waals surface area contributed by atoms with Crippen LogP contribution in [-0.2, 0) is 6.42 Å². The van der Waals surface area contributed by atoms with Crippen molar-refractivity contribution in [3.8, 4) is 0 Å². The van der Waals surface area contributed by atoms with Gasteiger partial charge < -0.3 is 0 Å². The second-order valence-corrected chi connectivity index (χ2v) is 2.57. The van der Waals surface area contributed by atoms with E-state index in [1.807, 2.05) is 33.0 Å². The number of pyridine rings is 1. The van der Waals surface area contributed by atoms with Crippen molar-refractivity contribution in [3.63, 3.8) is 0 Å². The quantitative estimate of drug-likeness (QED) is 0.692. The van der Waals surface area contributed by atoms with Crippen LogP contribution in [0, 0.1) is 0 Å². The van der Waals surface area contributed by atoms with Gasteiger partial charge in [0.2, 0.25) is 0 Å². The van der Waals surface area contributed by atoms with Gasteiger partial charge in [-0.3, -0.25) is 4.98 Å². The van der Waals surface area contributed by atoms with Crippen LogP contribution in [0.15, 0.2) is 24.7 Å². The minimum Gasteiger partial charge on any atom is -0.262 e. The molecule has 0 fully saturated rings. The van der Waals surface area contributed by atoms with Crippen molar-refractivity contribution in [2.75, 3.05) is 0 Å². The number of fused-ring (bicyclic) bond motifs is 1. The summed E-state index contributed by atoms with van der Waals surface area (Å²) in [5, 5.41) is 1.04. The second kappa shape index (κ2) is 5.27. The topological polar surface area (TPSA) is 38.7 Å². The van der Waals surface area contributed by atoms with Crippen LogP contribution in [0.3, 0.4) is 0 Å². The average molecular weight is 189 g/mol. The van der Waals surface area contributed by atoms with E-state index in [0.717, 1.165) is 23.1 Å². The van der Waals surface area contributed by atoms with Crippen LogP contribution in [0.25, 0.3) is 10.9 Å². The molecule has 0 spiro atoms. The SMILES string of the molecule is CC.CCc1ncc2ccncc2n1. The predicted molar refractivity (Wildman–Crippen MR) is 58.1 cm³/mol. The van der Waals surface area contributed by atoms with Crippen molar-refractivity contribution in [1.82, 2.24) is 15.0 Å². The highest BCUT2D eigenvalue weighted by Crippen LogP contribution is 2.07. The number of hydrogen-bond acceptors (Lipinski definition) is 3. The minimum absolute atomic E-state index is 0.866. The Morgan fingerprint density at radius 3 is 2.71 bits per heavy atom. The van der Waals surface area contributed by atoms with E-state index in [1.54, 1.807) is 12.4 Å². The third kappa shape index (κ3) is 2.25.